The largest absolute Gasteiger partial charge is 0.496 e. The Morgan fingerprint density at radius 3 is 2.89 bits per heavy atom. The zero-order valence-corrected chi connectivity index (χ0v) is 11.2. The van der Waals surface area contributed by atoms with Crippen molar-refractivity contribution in [3.8, 4) is 17.0 Å². The first-order valence-electron chi connectivity index (χ1n) is 5.84. The summed E-state index contributed by atoms with van der Waals surface area (Å²) < 4.78 is 5.35. The third-order valence-corrected chi connectivity index (χ3v) is 3.07. The molecule has 0 spiro atoms. The molecule has 2 aromatic rings. The van der Waals surface area contributed by atoms with Crippen LogP contribution in [0.3, 0.4) is 0 Å². The average molecular weight is 266 g/mol. The first-order valence-corrected chi connectivity index (χ1v) is 6.21. The fourth-order valence-corrected chi connectivity index (χ4v) is 2.15. The maximum atomic E-state index is 6.04. The van der Waals surface area contributed by atoms with Crippen LogP contribution in [0.15, 0.2) is 18.2 Å². The summed E-state index contributed by atoms with van der Waals surface area (Å²) in [4.78, 5) is 0. The number of halogens is 1. The fourth-order valence-electron chi connectivity index (χ4n) is 1.98. The summed E-state index contributed by atoms with van der Waals surface area (Å²) in [5.41, 5.74) is 8.66. The van der Waals surface area contributed by atoms with Crippen molar-refractivity contribution in [2.24, 2.45) is 0 Å². The number of methoxy groups -OCH3 is 1. The lowest BCUT2D eigenvalue weighted by molar-refractivity contribution is 0.416. The van der Waals surface area contributed by atoms with Gasteiger partial charge in [0, 0.05) is 16.1 Å². The first kappa shape index (κ1) is 12.8. The van der Waals surface area contributed by atoms with Crippen LogP contribution in [0.2, 0.25) is 5.02 Å². The number of hydrogen-bond acceptors (Lipinski definition) is 3. The number of H-pyrrole nitrogens is 1. The molecule has 1 aromatic carbocycles. The molecule has 0 aliphatic carbocycles. The highest BCUT2D eigenvalue weighted by Crippen LogP contribution is 2.35. The van der Waals surface area contributed by atoms with E-state index in [1.54, 1.807) is 13.2 Å². The number of ether oxygens (including phenoxy) is 1. The van der Waals surface area contributed by atoms with Gasteiger partial charge in [-0.2, -0.15) is 5.10 Å². The Morgan fingerprint density at radius 1 is 1.44 bits per heavy atom. The van der Waals surface area contributed by atoms with Crippen LogP contribution < -0.4 is 10.5 Å². The number of hydrogen-bond donors (Lipinski definition) is 2. The molecule has 0 aliphatic rings. The van der Waals surface area contributed by atoms with Gasteiger partial charge in [0.1, 0.15) is 11.6 Å². The number of nitrogen functional groups attached to an aromatic ring is 1. The number of nitrogens with two attached hydrogens (primary N) is 1. The summed E-state index contributed by atoms with van der Waals surface area (Å²) in [6.07, 6.45) is 1.87. The van der Waals surface area contributed by atoms with Gasteiger partial charge in [-0.25, -0.2) is 0 Å². The second-order valence-corrected chi connectivity index (χ2v) is 4.49. The molecule has 0 saturated carbocycles. The van der Waals surface area contributed by atoms with Gasteiger partial charge >= 0.3 is 0 Å². The molecule has 5 heteroatoms. The Morgan fingerprint density at radius 2 is 2.22 bits per heavy atom. The number of rotatable bonds is 4. The zero-order chi connectivity index (χ0) is 13.1. The second-order valence-electron chi connectivity index (χ2n) is 4.06. The van der Waals surface area contributed by atoms with Gasteiger partial charge in [0.15, 0.2) is 0 Å². The van der Waals surface area contributed by atoms with Crippen molar-refractivity contribution in [1.29, 1.82) is 0 Å². The summed E-state index contributed by atoms with van der Waals surface area (Å²) >= 11 is 6.04. The van der Waals surface area contributed by atoms with Gasteiger partial charge < -0.3 is 10.5 Å². The molecule has 4 nitrogen and oxygen atoms in total. The summed E-state index contributed by atoms with van der Waals surface area (Å²) in [5.74, 6) is 1.29. The lowest BCUT2D eigenvalue weighted by atomic mass is 10.0. The Balaban J connectivity index is 2.57. The Hall–Kier alpha value is -1.68. The van der Waals surface area contributed by atoms with E-state index in [0.29, 0.717) is 10.8 Å². The topological polar surface area (TPSA) is 63.9 Å². The predicted molar refractivity (Wildman–Crippen MR) is 74.0 cm³/mol. The van der Waals surface area contributed by atoms with E-state index >= 15 is 0 Å². The molecule has 0 amide bonds. The van der Waals surface area contributed by atoms with Crippen molar-refractivity contribution in [2.75, 3.05) is 12.8 Å². The minimum absolute atomic E-state index is 0.536. The van der Waals surface area contributed by atoms with E-state index in [-0.39, 0.29) is 0 Å². The Kier molecular flexibility index (Phi) is 3.77. The van der Waals surface area contributed by atoms with E-state index in [4.69, 9.17) is 22.1 Å². The normalized spacial score (nSPS) is 10.6. The van der Waals surface area contributed by atoms with E-state index < -0.39 is 0 Å². The minimum Gasteiger partial charge on any atom is -0.496 e. The van der Waals surface area contributed by atoms with Crippen LogP contribution in [-0.4, -0.2) is 17.3 Å². The van der Waals surface area contributed by atoms with Gasteiger partial charge in [0.25, 0.3) is 0 Å². The van der Waals surface area contributed by atoms with Gasteiger partial charge in [-0.1, -0.05) is 24.9 Å². The van der Waals surface area contributed by atoms with Crippen LogP contribution >= 0.6 is 11.6 Å². The van der Waals surface area contributed by atoms with E-state index in [1.807, 2.05) is 12.1 Å². The summed E-state index contributed by atoms with van der Waals surface area (Å²) in [6.45, 7) is 2.10. The van der Waals surface area contributed by atoms with E-state index in [9.17, 15) is 0 Å². The Labute approximate surface area is 111 Å². The molecule has 0 aliphatic heterocycles. The third kappa shape index (κ3) is 2.29. The van der Waals surface area contributed by atoms with Crippen LogP contribution in [0.25, 0.3) is 11.3 Å². The lowest BCUT2D eigenvalue weighted by Gasteiger charge is -2.09. The third-order valence-electron chi connectivity index (χ3n) is 2.83. The number of aromatic nitrogens is 2. The molecule has 96 valence electrons. The van der Waals surface area contributed by atoms with Crippen molar-refractivity contribution >= 4 is 17.4 Å². The zero-order valence-electron chi connectivity index (χ0n) is 10.5. The molecule has 3 N–H and O–H groups in total. The molecule has 1 aromatic heterocycles. The maximum absolute atomic E-state index is 6.04. The lowest BCUT2D eigenvalue weighted by Crippen LogP contribution is -1.94. The second kappa shape index (κ2) is 5.31. The van der Waals surface area contributed by atoms with Gasteiger partial charge in [0.05, 0.1) is 12.8 Å². The smallest absolute Gasteiger partial charge is 0.149 e. The van der Waals surface area contributed by atoms with Crippen LogP contribution in [0.5, 0.6) is 5.75 Å². The monoisotopic (exact) mass is 265 g/mol. The molecule has 0 atom stereocenters. The highest BCUT2D eigenvalue weighted by molar-refractivity contribution is 6.31. The van der Waals surface area contributed by atoms with Crippen molar-refractivity contribution in [1.82, 2.24) is 10.2 Å². The van der Waals surface area contributed by atoms with Gasteiger partial charge in [-0.05, 0) is 24.6 Å². The van der Waals surface area contributed by atoms with Crippen molar-refractivity contribution in [2.45, 2.75) is 19.8 Å². The van der Waals surface area contributed by atoms with Crippen molar-refractivity contribution in [3.63, 3.8) is 0 Å². The molecular formula is C13H16ClN3O. The molecule has 0 bridgehead atoms. The number of anilines is 1. The molecule has 1 heterocycles. The maximum Gasteiger partial charge on any atom is 0.149 e. The molecule has 0 saturated heterocycles. The standard InChI is InChI=1S/C13H16ClN3O/c1-3-4-9-12(16-17-13(9)15)10-7-8(14)5-6-11(10)18-2/h5-7H,3-4H2,1-2H3,(H3,15,16,17). The number of benzene rings is 1. The highest BCUT2D eigenvalue weighted by Gasteiger charge is 2.15. The number of nitrogens with one attached hydrogen (secondary N) is 1. The van der Waals surface area contributed by atoms with Crippen LogP contribution in [-0.2, 0) is 6.42 Å². The summed E-state index contributed by atoms with van der Waals surface area (Å²) in [6, 6.07) is 5.49. The SMILES string of the molecule is CCCc1c(N)n[nH]c1-c1cc(Cl)ccc1OC. The molecular weight excluding hydrogens is 250 g/mol. The summed E-state index contributed by atoms with van der Waals surface area (Å²) in [7, 11) is 1.63. The van der Waals surface area contributed by atoms with Crippen LogP contribution in [0.1, 0.15) is 18.9 Å². The van der Waals surface area contributed by atoms with E-state index in [1.165, 1.54) is 0 Å². The molecule has 0 fully saturated rings. The average Bonchev–Trinajstić information content (AvgIpc) is 2.72. The summed E-state index contributed by atoms with van der Waals surface area (Å²) in [5, 5.41) is 7.69. The van der Waals surface area contributed by atoms with E-state index in [2.05, 4.69) is 17.1 Å². The predicted octanol–water partition coefficient (Wildman–Crippen LogP) is 3.27. The Bertz CT molecular complexity index is 551. The van der Waals surface area contributed by atoms with Crippen LogP contribution in [0.4, 0.5) is 5.82 Å². The number of nitrogens with zero attached hydrogens (tertiary/aromatic N) is 1. The fraction of sp³-hybridized carbons (Fsp3) is 0.308. The van der Waals surface area contributed by atoms with Crippen molar-refractivity contribution < 1.29 is 4.74 Å². The molecule has 0 radical (unpaired) electrons. The van der Waals surface area contributed by atoms with E-state index in [0.717, 1.165) is 35.4 Å². The quantitative estimate of drug-likeness (QED) is 0.892. The van der Waals surface area contributed by atoms with Crippen LogP contribution in [0, 0.1) is 0 Å². The minimum atomic E-state index is 0.536. The number of aromatic amines is 1. The van der Waals surface area contributed by atoms with Gasteiger partial charge in [-0.3, -0.25) is 5.10 Å². The van der Waals surface area contributed by atoms with Crippen molar-refractivity contribution in [3.05, 3.63) is 28.8 Å². The van der Waals surface area contributed by atoms with Gasteiger partial charge in [0.2, 0.25) is 0 Å². The highest BCUT2D eigenvalue weighted by atomic mass is 35.5. The molecule has 18 heavy (non-hydrogen) atoms. The van der Waals surface area contributed by atoms with Gasteiger partial charge in [-0.15, -0.1) is 0 Å². The molecule has 2 rings (SSSR count). The molecule has 0 unspecified atom stereocenters. The first-order chi connectivity index (χ1) is 8.67.